The zero-order valence-corrected chi connectivity index (χ0v) is 14.2. The fraction of sp³-hybridized carbons (Fsp3) is 0.526. The van der Waals surface area contributed by atoms with Crippen LogP contribution in [0, 0.1) is 0 Å². The normalized spacial score (nSPS) is 24.2. The number of rotatable bonds is 3. The molecule has 1 aromatic rings. The highest BCUT2D eigenvalue weighted by atomic mass is 16.2. The van der Waals surface area contributed by atoms with Crippen molar-refractivity contribution < 1.29 is 14.4 Å². The van der Waals surface area contributed by atoms with E-state index in [0.717, 1.165) is 32.4 Å². The Balaban J connectivity index is 1.32. The molecule has 1 spiro atoms. The third-order valence-corrected chi connectivity index (χ3v) is 6.04. The van der Waals surface area contributed by atoms with Crippen LogP contribution in [0.25, 0.3) is 0 Å². The van der Waals surface area contributed by atoms with Crippen molar-refractivity contribution in [2.45, 2.75) is 50.0 Å². The first-order chi connectivity index (χ1) is 12.1. The molecule has 0 unspecified atom stereocenters. The number of carbonyl (C=O) groups is 3. The highest BCUT2D eigenvalue weighted by molar-refractivity contribution is 6.04. The smallest absolute Gasteiger partial charge is 0.322 e. The topological polar surface area (TPSA) is 78.5 Å². The summed E-state index contributed by atoms with van der Waals surface area (Å²) in [6, 6.07) is 7.65. The van der Waals surface area contributed by atoms with Crippen molar-refractivity contribution in [3.63, 3.8) is 0 Å². The van der Waals surface area contributed by atoms with E-state index in [1.165, 1.54) is 17.5 Å². The first kappa shape index (κ1) is 16.1. The van der Waals surface area contributed by atoms with E-state index in [1.54, 1.807) is 0 Å². The van der Waals surface area contributed by atoms with E-state index >= 15 is 0 Å². The van der Waals surface area contributed by atoms with Crippen LogP contribution in [0.4, 0.5) is 4.79 Å². The van der Waals surface area contributed by atoms with Crippen LogP contribution in [0.2, 0.25) is 0 Å². The zero-order chi connectivity index (χ0) is 17.4. The monoisotopic (exact) mass is 341 g/mol. The lowest BCUT2D eigenvalue weighted by Crippen LogP contribution is -2.44. The molecule has 3 aliphatic rings. The molecule has 1 aromatic carbocycles. The fourth-order valence-electron chi connectivity index (χ4n) is 4.56. The molecule has 2 fully saturated rings. The van der Waals surface area contributed by atoms with Crippen LogP contribution in [-0.4, -0.2) is 41.9 Å². The molecule has 132 valence electrons. The van der Waals surface area contributed by atoms with Crippen molar-refractivity contribution in [1.29, 1.82) is 0 Å². The van der Waals surface area contributed by atoms with Crippen LogP contribution in [0.1, 0.15) is 43.2 Å². The Hall–Kier alpha value is -2.37. The number of amides is 4. The second kappa shape index (κ2) is 6.17. The minimum atomic E-state index is -0.575. The molecule has 2 N–H and O–H groups in total. The molecule has 2 heterocycles. The number of imide groups is 1. The quantitative estimate of drug-likeness (QED) is 0.818. The third kappa shape index (κ3) is 2.90. The Morgan fingerprint density at radius 1 is 1.16 bits per heavy atom. The van der Waals surface area contributed by atoms with Crippen molar-refractivity contribution in [2.24, 2.45) is 0 Å². The molecule has 25 heavy (non-hydrogen) atoms. The Kier molecular flexibility index (Phi) is 3.98. The molecule has 0 saturated carbocycles. The Labute approximate surface area is 147 Å². The van der Waals surface area contributed by atoms with Gasteiger partial charge in [0, 0.05) is 19.5 Å². The molecular weight excluding hydrogens is 318 g/mol. The van der Waals surface area contributed by atoms with Gasteiger partial charge in [0.25, 0.3) is 5.91 Å². The summed E-state index contributed by atoms with van der Waals surface area (Å²) in [6.45, 7) is 1.55. The summed E-state index contributed by atoms with van der Waals surface area (Å²) >= 11 is 0. The van der Waals surface area contributed by atoms with E-state index in [1.807, 2.05) is 4.90 Å². The summed E-state index contributed by atoms with van der Waals surface area (Å²) in [5.74, 6) is -0.256. The van der Waals surface area contributed by atoms with Gasteiger partial charge in [0.05, 0.1) is 0 Å². The number of urea groups is 1. The van der Waals surface area contributed by atoms with E-state index in [-0.39, 0.29) is 17.2 Å². The number of nitrogens with one attached hydrogen (secondary N) is 2. The maximum atomic E-state index is 12.5. The average Bonchev–Trinajstić information content (AvgIpc) is 3.14. The molecule has 0 radical (unpaired) electrons. The van der Waals surface area contributed by atoms with Gasteiger partial charge in [-0.05, 0) is 48.6 Å². The number of fused-ring (bicyclic) bond motifs is 2. The van der Waals surface area contributed by atoms with Crippen LogP contribution < -0.4 is 10.6 Å². The molecular formula is C19H23N3O3. The third-order valence-electron chi connectivity index (χ3n) is 6.04. The standard InChI is InChI=1S/C19H23N3O3/c23-16(6-5-15-17(24)21-18(25)20-15)22-11-9-19(10-12-22)8-7-13-3-1-2-4-14(13)19/h1-4,15H,5-12H2,(H2,20,21,24,25)/t15-/m0/s1. The van der Waals surface area contributed by atoms with Crippen LogP contribution in [0.3, 0.4) is 0 Å². The summed E-state index contributed by atoms with van der Waals surface area (Å²) in [7, 11) is 0. The van der Waals surface area contributed by atoms with E-state index in [9.17, 15) is 14.4 Å². The van der Waals surface area contributed by atoms with E-state index in [4.69, 9.17) is 0 Å². The van der Waals surface area contributed by atoms with Crippen molar-refractivity contribution in [2.75, 3.05) is 13.1 Å². The van der Waals surface area contributed by atoms with Crippen LogP contribution in [0.15, 0.2) is 24.3 Å². The number of hydrogen-bond acceptors (Lipinski definition) is 3. The average molecular weight is 341 g/mol. The minimum absolute atomic E-state index is 0.0788. The lowest BCUT2D eigenvalue weighted by atomic mass is 9.74. The van der Waals surface area contributed by atoms with Crippen molar-refractivity contribution in [3.05, 3.63) is 35.4 Å². The summed E-state index contributed by atoms with van der Waals surface area (Å²) in [4.78, 5) is 37.0. The van der Waals surface area contributed by atoms with Gasteiger partial charge in [-0.25, -0.2) is 4.79 Å². The number of carbonyl (C=O) groups excluding carboxylic acids is 3. The first-order valence-corrected chi connectivity index (χ1v) is 9.05. The van der Waals surface area contributed by atoms with Gasteiger partial charge in [-0.2, -0.15) is 0 Å². The second-order valence-electron chi connectivity index (χ2n) is 7.37. The second-order valence-corrected chi connectivity index (χ2v) is 7.37. The van der Waals surface area contributed by atoms with E-state index in [2.05, 4.69) is 34.9 Å². The highest BCUT2D eigenvalue weighted by Crippen LogP contribution is 2.46. The SMILES string of the molecule is O=C1NC(=O)[C@H](CCC(=O)N2CCC3(CCc4ccccc43)CC2)N1. The van der Waals surface area contributed by atoms with Crippen molar-refractivity contribution >= 4 is 17.8 Å². The van der Waals surface area contributed by atoms with Crippen molar-refractivity contribution in [1.82, 2.24) is 15.5 Å². The van der Waals surface area contributed by atoms with Crippen LogP contribution >= 0.6 is 0 Å². The number of hydrogen-bond donors (Lipinski definition) is 2. The predicted molar refractivity (Wildman–Crippen MR) is 92.0 cm³/mol. The lowest BCUT2D eigenvalue weighted by Gasteiger charge is -2.40. The predicted octanol–water partition coefficient (Wildman–Crippen LogP) is 1.48. The molecule has 0 aromatic heterocycles. The number of piperidine rings is 1. The van der Waals surface area contributed by atoms with Gasteiger partial charge in [0.2, 0.25) is 5.91 Å². The fourth-order valence-corrected chi connectivity index (χ4v) is 4.56. The molecule has 4 rings (SSSR count). The van der Waals surface area contributed by atoms with Gasteiger partial charge < -0.3 is 10.2 Å². The van der Waals surface area contributed by atoms with Crippen LogP contribution in [0.5, 0.6) is 0 Å². The molecule has 2 aliphatic heterocycles. The molecule has 2 saturated heterocycles. The highest BCUT2D eigenvalue weighted by Gasteiger charge is 2.41. The number of aryl methyl sites for hydroxylation is 1. The lowest BCUT2D eigenvalue weighted by molar-refractivity contribution is -0.133. The molecule has 6 heteroatoms. The molecule has 1 aliphatic carbocycles. The largest absolute Gasteiger partial charge is 0.343 e. The van der Waals surface area contributed by atoms with E-state index < -0.39 is 12.1 Å². The van der Waals surface area contributed by atoms with Gasteiger partial charge in [-0.1, -0.05) is 24.3 Å². The Morgan fingerprint density at radius 3 is 2.64 bits per heavy atom. The number of likely N-dealkylation sites (tertiary alicyclic amines) is 1. The van der Waals surface area contributed by atoms with Gasteiger partial charge >= 0.3 is 6.03 Å². The summed E-state index contributed by atoms with van der Waals surface area (Å²) in [6.07, 6.45) is 5.00. The van der Waals surface area contributed by atoms with Gasteiger partial charge in [0.1, 0.15) is 6.04 Å². The van der Waals surface area contributed by atoms with Gasteiger partial charge in [-0.3, -0.25) is 14.9 Å². The Morgan fingerprint density at radius 2 is 1.92 bits per heavy atom. The van der Waals surface area contributed by atoms with Gasteiger partial charge in [0.15, 0.2) is 0 Å². The maximum Gasteiger partial charge on any atom is 0.322 e. The minimum Gasteiger partial charge on any atom is -0.343 e. The van der Waals surface area contributed by atoms with Gasteiger partial charge in [-0.15, -0.1) is 0 Å². The summed E-state index contributed by atoms with van der Waals surface area (Å²) in [5, 5.41) is 4.74. The molecule has 0 bridgehead atoms. The summed E-state index contributed by atoms with van der Waals surface area (Å²) in [5.41, 5.74) is 3.19. The molecule has 4 amide bonds. The Bertz CT molecular complexity index is 722. The molecule has 6 nitrogen and oxygen atoms in total. The first-order valence-electron chi connectivity index (χ1n) is 9.05. The zero-order valence-electron chi connectivity index (χ0n) is 14.2. The number of nitrogens with zero attached hydrogens (tertiary/aromatic N) is 1. The maximum absolute atomic E-state index is 12.5. The number of benzene rings is 1. The van der Waals surface area contributed by atoms with Crippen LogP contribution in [-0.2, 0) is 21.4 Å². The van der Waals surface area contributed by atoms with Crippen molar-refractivity contribution in [3.8, 4) is 0 Å². The summed E-state index contributed by atoms with van der Waals surface area (Å²) < 4.78 is 0. The van der Waals surface area contributed by atoms with E-state index in [0.29, 0.717) is 12.8 Å². The molecule has 1 atom stereocenters.